The molecule has 0 aliphatic heterocycles. The van der Waals surface area contributed by atoms with E-state index in [1.165, 1.54) is 0 Å². The minimum Gasteiger partial charge on any atom is -0.458 e. The van der Waals surface area contributed by atoms with E-state index >= 15 is 0 Å². The van der Waals surface area contributed by atoms with Crippen molar-refractivity contribution in [3.63, 3.8) is 0 Å². The van der Waals surface area contributed by atoms with Gasteiger partial charge in [0, 0.05) is 5.39 Å². The standard InChI is InChI=1S/C14H18N2O3/c1-3-9(2)18-8-12-13(14(17)16-15)10-6-4-5-7-11(10)19-12/h4-7,9H,3,8,15H2,1-2H3,(H,16,17). The number of hydrogen-bond donors (Lipinski definition) is 2. The van der Waals surface area contributed by atoms with Gasteiger partial charge in [-0.1, -0.05) is 25.1 Å². The van der Waals surface area contributed by atoms with Crippen LogP contribution in [-0.4, -0.2) is 12.0 Å². The molecular weight excluding hydrogens is 244 g/mol. The van der Waals surface area contributed by atoms with Gasteiger partial charge in [0.25, 0.3) is 5.91 Å². The first-order valence-corrected chi connectivity index (χ1v) is 6.30. The predicted molar refractivity (Wildman–Crippen MR) is 72.4 cm³/mol. The number of hydrazine groups is 1. The Hall–Kier alpha value is -1.85. The van der Waals surface area contributed by atoms with Gasteiger partial charge >= 0.3 is 0 Å². The number of nitrogens with two attached hydrogens (primary N) is 1. The van der Waals surface area contributed by atoms with E-state index in [1.807, 2.05) is 38.1 Å². The van der Waals surface area contributed by atoms with Crippen molar-refractivity contribution in [1.29, 1.82) is 0 Å². The summed E-state index contributed by atoms with van der Waals surface area (Å²) in [5.41, 5.74) is 3.25. The average molecular weight is 262 g/mol. The number of carbonyl (C=O) groups is 1. The highest BCUT2D eigenvalue weighted by Gasteiger charge is 2.20. The molecule has 5 heteroatoms. The summed E-state index contributed by atoms with van der Waals surface area (Å²) in [6.45, 7) is 4.27. The minimum absolute atomic E-state index is 0.113. The van der Waals surface area contributed by atoms with Gasteiger partial charge in [0.1, 0.15) is 18.0 Å². The van der Waals surface area contributed by atoms with Gasteiger partial charge in [0.05, 0.1) is 11.7 Å². The van der Waals surface area contributed by atoms with Crippen molar-refractivity contribution < 1.29 is 13.9 Å². The number of fused-ring (bicyclic) bond motifs is 1. The molecule has 0 radical (unpaired) electrons. The second kappa shape index (κ2) is 5.86. The Kier molecular flexibility index (Phi) is 4.19. The number of nitrogens with one attached hydrogen (secondary N) is 1. The molecule has 1 atom stereocenters. The fourth-order valence-electron chi connectivity index (χ4n) is 1.85. The van der Waals surface area contributed by atoms with Gasteiger partial charge in [0.2, 0.25) is 0 Å². The van der Waals surface area contributed by atoms with Crippen LogP contribution < -0.4 is 11.3 Å². The zero-order chi connectivity index (χ0) is 13.8. The quantitative estimate of drug-likeness (QED) is 0.492. The lowest BCUT2D eigenvalue weighted by Crippen LogP contribution is -2.30. The molecule has 0 saturated heterocycles. The van der Waals surface area contributed by atoms with Crippen LogP contribution in [0.1, 0.15) is 36.4 Å². The molecule has 0 saturated carbocycles. The average Bonchev–Trinajstić information content (AvgIpc) is 2.82. The number of hydrogen-bond acceptors (Lipinski definition) is 4. The smallest absolute Gasteiger partial charge is 0.269 e. The SMILES string of the molecule is CCC(C)OCc1oc2ccccc2c1C(=O)NN. The highest BCUT2D eigenvalue weighted by atomic mass is 16.5. The summed E-state index contributed by atoms with van der Waals surface area (Å²) >= 11 is 0. The third-order valence-electron chi connectivity index (χ3n) is 3.10. The van der Waals surface area contributed by atoms with Gasteiger partial charge in [0.15, 0.2) is 0 Å². The monoisotopic (exact) mass is 262 g/mol. The summed E-state index contributed by atoms with van der Waals surface area (Å²) < 4.78 is 11.3. The Labute approximate surface area is 111 Å². The first-order chi connectivity index (χ1) is 9.17. The number of nitrogen functional groups attached to an aromatic ring is 1. The van der Waals surface area contributed by atoms with E-state index in [0.29, 0.717) is 16.9 Å². The van der Waals surface area contributed by atoms with E-state index in [4.69, 9.17) is 15.0 Å². The lowest BCUT2D eigenvalue weighted by Gasteiger charge is -2.09. The Morgan fingerprint density at radius 3 is 2.89 bits per heavy atom. The zero-order valence-electron chi connectivity index (χ0n) is 11.1. The molecule has 2 rings (SSSR count). The number of benzene rings is 1. The first-order valence-electron chi connectivity index (χ1n) is 6.30. The molecule has 0 aliphatic carbocycles. The number of amides is 1. The maximum atomic E-state index is 11.9. The van der Waals surface area contributed by atoms with Crippen LogP contribution in [0.5, 0.6) is 0 Å². The first kappa shape index (κ1) is 13.6. The second-order valence-corrected chi connectivity index (χ2v) is 4.40. The molecule has 102 valence electrons. The number of rotatable bonds is 5. The van der Waals surface area contributed by atoms with E-state index in [-0.39, 0.29) is 18.6 Å². The second-order valence-electron chi connectivity index (χ2n) is 4.40. The van der Waals surface area contributed by atoms with E-state index in [0.717, 1.165) is 11.8 Å². The Balaban J connectivity index is 2.38. The van der Waals surface area contributed by atoms with Crippen molar-refractivity contribution in [3.8, 4) is 0 Å². The number of carbonyl (C=O) groups excluding carboxylic acids is 1. The lowest BCUT2D eigenvalue weighted by molar-refractivity contribution is 0.0406. The zero-order valence-corrected chi connectivity index (χ0v) is 11.1. The number of para-hydroxylation sites is 1. The third-order valence-corrected chi connectivity index (χ3v) is 3.10. The van der Waals surface area contributed by atoms with Crippen molar-refractivity contribution in [2.45, 2.75) is 33.0 Å². The van der Waals surface area contributed by atoms with Crippen molar-refractivity contribution >= 4 is 16.9 Å². The molecule has 1 aromatic carbocycles. The van der Waals surface area contributed by atoms with Crippen molar-refractivity contribution in [2.75, 3.05) is 0 Å². The Morgan fingerprint density at radius 1 is 1.47 bits per heavy atom. The topological polar surface area (TPSA) is 77.5 Å². The highest BCUT2D eigenvalue weighted by molar-refractivity contribution is 6.06. The molecule has 1 unspecified atom stereocenters. The van der Waals surface area contributed by atoms with Crippen molar-refractivity contribution in [1.82, 2.24) is 5.43 Å². The summed E-state index contributed by atoms with van der Waals surface area (Å²) in [5.74, 6) is 5.36. The maximum absolute atomic E-state index is 11.9. The van der Waals surface area contributed by atoms with E-state index in [1.54, 1.807) is 0 Å². The van der Waals surface area contributed by atoms with Crippen LogP contribution in [0.2, 0.25) is 0 Å². The fourth-order valence-corrected chi connectivity index (χ4v) is 1.85. The molecule has 1 aromatic heterocycles. The van der Waals surface area contributed by atoms with Gasteiger partial charge in [-0.2, -0.15) is 0 Å². The molecule has 1 heterocycles. The van der Waals surface area contributed by atoms with Gasteiger partial charge in [-0.05, 0) is 19.4 Å². The molecular formula is C14H18N2O3. The van der Waals surface area contributed by atoms with Gasteiger partial charge in [-0.25, -0.2) is 5.84 Å². The summed E-state index contributed by atoms with van der Waals surface area (Å²) in [4.78, 5) is 11.9. The van der Waals surface area contributed by atoms with Crippen molar-refractivity contribution in [3.05, 3.63) is 35.6 Å². The largest absolute Gasteiger partial charge is 0.458 e. The van der Waals surface area contributed by atoms with Crippen LogP contribution >= 0.6 is 0 Å². The summed E-state index contributed by atoms with van der Waals surface area (Å²) in [6.07, 6.45) is 1.01. The minimum atomic E-state index is -0.368. The highest BCUT2D eigenvalue weighted by Crippen LogP contribution is 2.26. The summed E-state index contributed by atoms with van der Waals surface area (Å²) in [5, 5.41) is 0.744. The molecule has 0 spiro atoms. The van der Waals surface area contributed by atoms with Crippen LogP contribution in [0.4, 0.5) is 0 Å². The molecule has 0 fully saturated rings. The molecule has 0 bridgehead atoms. The van der Waals surface area contributed by atoms with E-state index in [9.17, 15) is 4.79 Å². The normalized spacial score (nSPS) is 12.6. The predicted octanol–water partition coefficient (Wildman–Crippen LogP) is 2.35. The molecule has 0 aliphatic rings. The van der Waals surface area contributed by atoms with Gasteiger partial charge in [-0.15, -0.1) is 0 Å². The molecule has 19 heavy (non-hydrogen) atoms. The van der Waals surface area contributed by atoms with Crippen molar-refractivity contribution in [2.24, 2.45) is 5.84 Å². The number of furan rings is 1. The molecule has 1 amide bonds. The van der Waals surface area contributed by atoms with Gasteiger partial charge < -0.3 is 9.15 Å². The molecule has 2 aromatic rings. The lowest BCUT2D eigenvalue weighted by atomic mass is 10.1. The van der Waals surface area contributed by atoms with Crippen LogP contribution in [0, 0.1) is 0 Å². The van der Waals surface area contributed by atoms with Crippen LogP contribution in [0.15, 0.2) is 28.7 Å². The summed E-state index contributed by atoms with van der Waals surface area (Å²) in [7, 11) is 0. The Morgan fingerprint density at radius 2 is 2.21 bits per heavy atom. The van der Waals surface area contributed by atoms with E-state index < -0.39 is 0 Å². The number of ether oxygens (including phenoxy) is 1. The molecule has 5 nitrogen and oxygen atoms in total. The van der Waals surface area contributed by atoms with Crippen LogP contribution in [0.3, 0.4) is 0 Å². The molecule has 3 N–H and O–H groups in total. The maximum Gasteiger partial charge on any atom is 0.269 e. The van der Waals surface area contributed by atoms with E-state index in [2.05, 4.69) is 5.43 Å². The van der Waals surface area contributed by atoms with Crippen LogP contribution in [-0.2, 0) is 11.3 Å². The van der Waals surface area contributed by atoms with Gasteiger partial charge in [-0.3, -0.25) is 10.2 Å². The fraction of sp³-hybridized carbons (Fsp3) is 0.357. The Bertz CT molecular complexity index is 577. The van der Waals surface area contributed by atoms with Crippen LogP contribution in [0.25, 0.3) is 11.0 Å². The third kappa shape index (κ3) is 2.77. The summed E-state index contributed by atoms with van der Waals surface area (Å²) in [6, 6.07) is 7.35.